The maximum atomic E-state index is 12.2. The normalized spacial score (nSPS) is 10.0. The lowest BCUT2D eigenvalue weighted by Gasteiger charge is -2.13. The maximum Gasteiger partial charge on any atom is 0.269 e. The van der Waals surface area contributed by atoms with E-state index in [1.807, 2.05) is 12.1 Å². The predicted octanol–water partition coefficient (Wildman–Crippen LogP) is 2.94. The highest BCUT2D eigenvalue weighted by molar-refractivity contribution is 5.90. The molecule has 0 amide bonds. The number of anilines is 1. The van der Waals surface area contributed by atoms with Crippen LogP contribution in [0.5, 0.6) is 0 Å². The van der Waals surface area contributed by atoms with E-state index < -0.39 is 10.5 Å². The first-order valence-corrected chi connectivity index (χ1v) is 7.68. The smallest absolute Gasteiger partial charge is 0.269 e. The summed E-state index contributed by atoms with van der Waals surface area (Å²) in [5, 5.41) is 29.8. The SMILES string of the molecule is N#Cc1c(N)[nH]c(=O)c(C#N)c1-c1ccccc1-c1ccc([N+](=O)[O-])cc1. The van der Waals surface area contributed by atoms with Crippen LogP contribution in [-0.4, -0.2) is 9.91 Å². The molecule has 0 saturated heterocycles. The highest BCUT2D eigenvalue weighted by Crippen LogP contribution is 2.36. The van der Waals surface area contributed by atoms with E-state index >= 15 is 0 Å². The fraction of sp³-hybridized carbons (Fsp3) is 0. The third-order valence-corrected chi connectivity index (χ3v) is 4.05. The van der Waals surface area contributed by atoms with Crippen molar-refractivity contribution < 1.29 is 4.92 Å². The van der Waals surface area contributed by atoms with Crippen LogP contribution >= 0.6 is 0 Å². The molecule has 3 aromatic rings. The molecule has 0 radical (unpaired) electrons. The monoisotopic (exact) mass is 357 g/mol. The second-order valence-electron chi connectivity index (χ2n) is 5.57. The molecular formula is C19H11N5O3. The maximum absolute atomic E-state index is 12.2. The first kappa shape index (κ1) is 17.4. The summed E-state index contributed by atoms with van der Waals surface area (Å²) in [4.78, 5) is 24.8. The summed E-state index contributed by atoms with van der Waals surface area (Å²) in [5.74, 6) is -0.130. The van der Waals surface area contributed by atoms with Crippen LogP contribution in [0.3, 0.4) is 0 Å². The summed E-state index contributed by atoms with van der Waals surface area (Å²) in [6, 6.07) is 16.4. The van der Waals surface area contributed by atoms with Gasteiger partial charge in [-0.15, -0.1) is 0 Å². The highest BCUT2D eigenvalue weighted by Gasteiger charge is 2.20. The van der Waals surface area contributed by atoms with Crippen molar-refractivity contribution in [3.63, 3.8) is 0 Å². The lowest BCUT2D eigenvalue weighted by molar-refractivity contribution is -0.384. The molecule has 0 spiro atoms. The molecule has 3 rings (SSSR count). The quantitative estimate of drug-likeness (QED) is 0.543. The van der Waals surface area contributed by atoms with Crippen LogP contribution in [0.25, 0.3) is 22.3 Å². The van der Waals surface area contributed by atoms with Crippen molar-refractivity contribution in [1.82, 2.24) is 4.98 Å². The van der Waals surface area contributed by atoms with E-state index in [-0.39, 0.29) is 28.2 Å². The van der Waals surface area contributed by atoms with E-state index in [0.29, 0.717) is 16.7 Å². The Morgan fingerprint density at radius 1 is 0.963 bits per heavy atom. The molecule has 0 aliphatic carbocycles. The number of pyridine rings is 1. The number of non-ortho nitro benzene ring substituents is 1. The molecule has 0 bridgehead atoms. The Kier molecular flexibility index (Phi) is 4.40. The van der Waals surface area contributed by atoms with Crippen molar-refractivity contribution in [2.45, 2.75) is 0 Å². The van der Waals surface area contributed by atoms with Gasteiger partial charge in [-0.1, -0.05) is 24.3 Å². The Morgan fingerprint density at radius 2 is 1.56 bits per heavy atom. The number of nitro benzene ring substituents is 1. The molecule has 2 aromatic carbocycles. The van der Waals surface area contributed by atoms with Gasteiger partial charge in [0, 0.05) is 17.7 Å². The summed E-state index contributed by atoms with van der Waals surface area (Å²) in [6.45, 7) is 0. The van der Waals surface area contributed by atoms with Gasteiger partial charge in [0.05, 0.1) is 4.92 Å². The molecule has 130 valence electrons. The Bertz CT molecular complexity index is 1200. The van der Waals surface area contributed by atoms with Gasteiger partial charge in [-0.05, 0) is 28.8 Å². The second-order valence-corrected chi connectivity index (χ2v) is 5.57. The number of nitrogens with zero attached hydrogens (tertiary/aromatic N) is 3. The van der Waals surface area contributed by atoms with Gasteiger partial charge in [0.25, 0.3) is 11.2 Å². The van der Waals surface area contributed by atoms with Crippen molar-refractivity contribution >= 4 is 11.5 Å². The van der Waals surface area contributed by atoms with Crippen LogP contribution in [0.1, 0.15) is 11.1 Å². The summed E-state index contributed by atoms with van der Waals surface area (Å²) in [6.07, 6.45) is 0. The minimum atomic E-state index is -0.692. The zero-order valence-corrected chi connectivity index (χ0v) is 13.8. The molecule has 0 fully saturated rings. The van der Waals surface area contributed by atoms with E-state index in [9.17, 15) is 25.4 Å². The summed E-state index contributed by atoms with van der Waals surface area (Å²) >= 11 is 0. The molecule has 8 nitrogen and oxygen atoms in total. The molecular weight excluding hydrogens is 346 g/mol. The molecule has 0 saturated carbocycles. The number of aromatic nitrogens is 1. The van der Waals surface area contributed by atoms with Gasteiger partial charge in [-0.25, -0.2) is 0 Å². The number of nitrogens with two attached hydrogens (primary N) is 1. The van der Waals surface area contributed by atoms with Crippen molar-refractivity contribution in [3.8, 4) is 34.4 Å². The summed E-state index contributed by atoms with van der Waals surface area (Å²) in [7, 11) is 0. The van der Waals surface area contributed by atoms with Crippen LogP contribution in [0.15, 0.2) is 53.3 Å². The number of rotatable bonds is 3. The minimum absolute atomic E-state index is 0.0134. The van der Waals surface area contributed by atoms with E-state index in [1.54, 1.807) is 36.4 Å². The van der Waals surface area contributed by atoms with Crippen LogP contribution in [0, 0.1) is 32.8 Å². The molecule has 1 heterocycles. The van der Waals surface area contributed by atoms with Crippen LogP contribution < -0.4 is 11.3 Å². The van der Waals surface area contributed by atoms with E-state index in [1.165, 1.54) is 12.1 Å². The largest absolute Gasteiger partial charge is 0.384 e. The molecule has 0 atom stereocenters. The van der Waals surface area contributed by atoms with Crippen molar-refractivity contribution in [3.05, 3.63) is 80.1 Å². The first-order valence-electron chi connectivity index (χ1n) is 7.68. The van der Waals surface area contributed by atoms with Crippen molar-refractivity contribution in [2.24, 2.45) is 0 Å². The van der Waals surface area contributed by atoms with Gasteiger partial charge in [-0.3, -0.25) is 14.9 Å². The van der Waals surface area contributed by atoms with E-state index in [2.05, 4.69) is 4.98 Å². The molecule has 0 unspecified atom stereocenters. The van der Waals surface area contributed by atoms with Gasteiger partial charge in [-0.2, -0.15) is 10.5 Å². The predicted molar refractivity (Wildman–Crippen MR) is 98.4 cm³/mol. The van der Waals surface area contributed by atoms with Gasteiger partial charge in [0.1, 0.15) is 29.1 Å². The Balaban J connectivity index is 2.34. The topological polar surface area (TPSA) is 150 Å². The number of hydrogen-bond donors (Lipinski definition) is 2. The number of nitrogen functional groups attached to an aromatic ring is 1. The van der Waals surface area contributed by atoms with Crippen LogP contribution in [0.2, 0.25) is 0 Å². The summed E-state index contributed by atoms with van der Waals surface area (Å²) < 4.78 is 0. The van der Waals surface area contributed by atoms with Gasteiger partial charge in [0.2, 0.25) is 0 Å². The van der Waals surface area contributed by atoms with Gasteiger partial charge in [0.15, 0.2) is 0 Å². The van der Waals surface area contributed by atoms with Gasteiger partial charge >= 0.3 is 0 Å². The lowest BCUT2D eigenvalue weighted by Crippen LogP contribution is -2.16. The Hall–Kier alpha value is -4.43. The van der Waals surface area contributed by atoms with E-state index in [4.69, 9.17) is 5.73 Å². The zero-order chi connectivity index (χ0) is 19.6. The number of nitriles is 2. The highest BCUT2D eigenvalue weighted by atomic mass is 16.6. The van der Waals surface area contributed by atoms with Crippen LogP contribution in [0.4, 0.5) is 11.5 Å². The average Bonchev–Trinajstić information content (AvgIpc) is 2.67. The number of benzene rings is 2. The van der Waals surface area contributed by atoms with Crippen LogP contribution in [-0.2, 0) is 0 Å². The molecule has 0 aliphatic rings. The molecule has 1 aromatic heterocycles. The number of aromatic amines is 1. The molecule has 3 N–H and O–H groups in total. The lowest BCUT2D eigenvalue weighted by atomic mass is 9.90. The average molecular weight is 357 g/mol. The van der Waals surface area contributed by atoms with Crippen molar-refractivity contribution in [2.75, 3.05) is 5.73 Å². The Morgan fingerprint density at radius 3 is 2.11 bits per heavy atom. The van der Waals surface area contributed by atoms with Gasteiger partial charge < -0.3 is 10.7 Å². The number of H-pyrrole nitrogens is 1. The molecule has 0 aliphatic heterocycles. The fourth-order valence-corrected chi connectivity index (χ4v) is 2.83. The zero-order valence-electron chi connectivity index (χ0n) is 13.8. The number of nitrogens with one attached hydrogen (secondary N) is 1. The third kappa shape index (κ3) is 2.99. The first-order chi connectivity index (χ1) is 13.0. The Labute approximate surface area is 152 Å². The third-order valence-electron chi connectivity index (χ3n) is 4.05. The standard InChI is InChI=1S/C19H11N5O3/c20-9-15-17(16(10-21)19(25)23-18(15)22)14-4-2-1-3-13(14)11-5-7-12(8-6-11)24(26)27/h1-8H,(H3,22,23,25). The summed E-state index contributed by atoms with van der Waals surface area (Å²) in [5.41, 5.74) is 6.60. The van der Waals surface area contributed by atoms with Crippen molar-refractivity contribution in [1.29, 1.82) is 10.5 Å². The fourth-order valence-electron chi connectivity index (χ4n) is 2.83. The molecule has 27 heavy (non-hydrogen) atoms. The van der Waals surface area contributed by atoms with E-state index in [0.717, 1.165) is 0 Å². The number of nitro groups is 1. The second kappa shape index (κ2) is 6.82. The number of hydrogen-bond acceptors (Lipinski definition) is 6. The minimum Gasteiger partial charge on any atom is -0.384 e. The molecule has 8 heteroatoms.